The number of rotatable bonds is 4. The van der Waals surface area contributed by atoms with Crippen molar-refractivity contribution >= 4 is 11.6 Å². The molecule has 98 valence electrons. The van der Waals surface area contributed by atoms with Gasteiger partial charge in [-0.15, -0.1) is 6.58 Å². The molecule has 0 aliphatic carbocycles. The Hall–Kier alpha value is -2.68. The summed E-state index contributed by atoms with van der Waals surface area (Å²) in [6.45, 7) is 3.35. The van der Waals surface area contributed by atoms with Gasteiger partial charge in [-0.25, -0.2) is 8.78 Å². The molecule has 0 saturated carbocycles. The molecule has 1 aromatic carbocycles. The van der Waals surface area contributed by atoms with Crippen molar-refractivity contribution in [2.45, 2.75) is 6.42 Å². The first-order valence-electron chi connectivity index (χ1n) is 5.19. The normalized spacial score (nSPS) is 11.2. The zero-order valence-electron chi connectivity index (χ0n) is 9.78. The van der Waals surface area contributed by atoms with Crippen LogP contribution in [0.5, 0.6) is 0 Å². The Balaban J connectivity index is 2.99. The van der Waals surface area contributed by atoms with Gasteiger partial charge in [-0.05, 0) is 12.1 Å². The van der Waals surface area contributed by atoms with E-state index in [1.54, 1.807) is 0 Å². The van der Waals surface area contributed by atoms with Crippen LogP contribution in [0.3, 0.4) is 0 Å². The van der Waals surface area contributed by atoms with Gasteiger partial charge in [0.1, 0.15) is 23.5 Å². The van der Waals surface area contributed by atoms with Crippen LogP contribution in [-0.4, -0.2) is 11.0 Å². The number of nitrogens with zero attached hydrogens (tertiary/aromatic N) is 1. The van der Waals surface area contributed by atoms with Gasteiger partial charge in [0.2, 0.25) is 0 Å². The van der Waals surface area contributed by atoms with Crippen molar-refractivity contribution < 1.29 is 18.7 Å². The highest BCUT2D eigenvalue weighted by molar-refractivity contribution is 6.06. The largest absolute Gasteiger partial charge is 0.510 e. The molecule has 1 rings (SSSR count). The summed E-state index contributed by atoms with van der Waals surface area (Å²) in [5.41, 5.74) is -0.839. The van der Waals surface area contributed by atoms with E-state index in [9.17, 15) is 18.7 Å². The minimum Gasteiger partial charge on any atom is -0.510 e. The zero-order chi connectivity index (χ0) is 14.4. The lowest BCUT2D eigenvalue weighted by molar-refractivity contribution is -0.112. The van der Waals surface area contributed by atoms with E-state index in [2.05, 4.69) is 11.9 Å². The van der Waals surface area contributed by atoms with Crippen molar-refractivity contribution in [3.05, 3.63) is 53.8 Å². The third kappa shape index (κ3) is 3.64. The van der Waals surface area contributed by atoms with E-state index >= 15 is 0 Å². The van der Waals surface area contributed by atoms with Crippen LogP contribution in [0.15, 0.2) is 42.2 Å². The Kier molecular flexibility index (Phi) is 4.77. The van der Waals surface area contributed by atoms with Crippen LogP contribution in [0, 0.1) is 23.0 Å². The summed E-state index contributed by atoms with van der Waals surface area (Å²) in [7, 11) is 0. The van der Waals surface area contributed by atoms with Gasteiger partial charge < -0.3 is 10.4 Å². The number of benzene rings is 1. The number of anilines is 1. The van der Waals surface area contributed by atoms with Gasteiger partial charge in [-0.2, -0.15) is 5.26 Å². The first-order chi connectivity index (χ1) is 8.99. The average Bonchev–Trinajstić information content (AvgIpc) is 2.34. The second kappa shape index (κ2) is 6.31. The molecule has 0 bridgehead atoms. The van der Waals surface area contributed by atoms with Crippen LogP contribution < -0.4 is 5.32 Å². The fourth-order valence-electron chi connectivity index (χ4n) is 1.26. The Morgan fingerprint density at radius 3 is 2.74 bits per heavy atom. The Morgan fingerprint density at radius 1 is 1.53 bits per heavy atom. The van der Waals surface area contributed by atoms with Gasteiger partial charge in [0.05, 0.1) is 5.69 Å². The maximum atomic E-state index is 13.3. The molecule has 0 saturated heterocycles. The third-order valence-electron chi connectivity index (χ3n) is 2.14. The Bertz CT molecular complexity index is 589. The predicted molar refractivity (Wildman–Crippen MR) is 65.1 cm³/mol. The number of halogens is 2. The monoisotopic (exact) mass is 264 g/mol. The number of nitriles is 1. The molecule has 0 radical (unpaired) electrons. The minimum atomic E-state index is -0.979. The summed E-state index contributed by atoms with van der Waals surface area (Å²) in [6.07, 6.45) is 1.24. The van der Waals surface area contributed by atoms with Crippen LogP contribution in [0.2, 0.25) is 0 Å². The molecular weight excluding hydrogens is 254 g/mol. The highest BCUT2D eigenvalue weighted by atomic mass is 19.1. The average molecular weight is 264 g/mol. The number of amides is 1. The lowest BCUT2D eigenvalue weighted by Crippen LogP contribution is -2.16. The highest BCUT2D eigenvalue weighted by Crippen LogP contribution is 2.16. The van der Waals surface area contributed by atoms with Crippen molar-refractivity contribution in [3.8, 4) is 6.07 Å². The Labute approximate surface area is 108 Å². The molecule has 19 heavy (non-hydrogen) atoms. The van der Waals surface area contributed by atoms with Crippen molar-refractivity contribution in [3.63, 3.8) is 0 Å². The summed E-state index contributed by atoms with van der Waals surface area (Å²) in [5, 5.41) is 20.3. The standard InChI is InChI=1S/C13H10F2N2O2/c1-2-3-12(18)9(7-16)13(19)17-11-5-4-8(14)6-10(11)15/h2,4-6,18H,1,3H2,(H,17,19). The first kappa shape index (κ1) is 14.4. The lowest BCUT2D eigenvalue weighted by Gasteiger charge is -2.06. The zero-order valence-corrected chi connectivity index (χ0v) is 9.78. The minimum absolute atomic E-state index is 0.0672. The van der Waals surface area contributed by atoms with Gasteiger partial charge in [-0.1, -0.05) is 6.08 Å². The molecule has 0 fully saturated rings. The number of hydrogen-bond acceptors (Lipinski definition) is 3. The molecule has 0 aromatic heterocycles. The van der Waals surface area contributed by atoms with Crippen LogP contribution in [-0.2, 0) is 4.79 Å². The number of aliphatic hydroxyl groups excluding tert-OH is 1. The Morgan fingerprint density at radius 2 is 2.21 bits per heavy atom. The van der Waals surface area contributed by atoms with Crippen LogP contribution >= 0.6 is 0 Å². The van der Waals surface area contributed by atoms with Crippen LogP contribution in [0.25, 0.3) is 0 Å². The third-order valence-corrected chi connectivity index (χ3v) is 2.14. The van der Waals surface area contributed by atoms with Gasteiger partial charge in [0, 0.05) is 12.5 Å². The second-order valence-corrected chi connectivity index (χ2v) is 3.50. The van der Waals surface area contributed by atoms with E-state index in [1.807, 2.05) is 0 Å². The van der Waals surface area contributed by atoms with E-state index in [0.29, 0.717) is 6.07 Å². The molecule has 1 aromatic rings. The molecule has 0 spiro atoms. The van der Waals surface area contributed by atoms with Crippen molar-refractivity contribution in [1.29, 1.82) is 5.26 Å². The number of carbonyl (C=O) groups excluding carboxylic acids is 1. The number of nitrogens with one attached hydrogen (secondary N) is 1. The van der Waals surface area contributed by atoms with E-state index in [-0.39, 0.29) is 12.1 Å². The smallest absolute Gasteiger partial charge is 0.269 e. The van der Waals surface area contributed by atoms with E-state index in [1.165, 1.54) is 12.1 Å². The molecule has 0 atom stereocenters. The van der Waals surface area contributed by atoms with Crippen molar-refractivity contribution in [2.24, 2.45) is 0 Å². The summed E-state index contributed by atoms with van der Waals surface area (Å²) in [6, 6.07) is 4.08. The lowest BCUT2D eigenvalue weighted by atomic mass is 10.2. The molecule has 4 nitrogen and oxygen atoms in total. The molecular formula is C13H10F2N2O2. The fourth-order valence-corrected chi connectivity index (χ4v) is 1.26. The van der Waals surface area contributed by atoms with E-state index < -0.39 is 28.9 Å². The van der Waals surface area contributed by atoms with Crippen molar-refractivity contribution in [1.82, 2.24) is 0 Å². The fraction of sp³-hybridized carbons (Fsp3) is 0.0769. The second-order valence-electron chi connectivity index (χ2n) is 3.50. The number of allylic oxidation sites excluding steroid dienone is 1. The van der Waals surface area contributed by atoms with Gasteiger partial charge >= 0.3 is 0 Å². The van der Waals surface area contributed by atoms with Crippen molar-refractivity contribution in [2.75, 3.05) is 5.32 Å². The maximum Gasteiger partial charge on any atom is 0.269 e. The quantitative estimate of drug-likeness (QED) is 0.380. The molecule has 1 amide bonds. The van der Waals surface area contributed by atoms with E-state index in [0.717, 1.165) is 12.1 Å². The first-order valence-corrected chi connectivity index (χ1v) is 5.19. The number of carbonyl (C=O) groups is 1. The van der Waals surface area contributed by atoms with Gasteiger partial charge in [0.25, 0.3) is 5.91 Å². The van der Waals surface area contributed by atoms with Crippen LogP contribution in [0.1, 0.15) is 6.42 Å². The highest BCUT2D eigenvalue weighted by Gasteiger charge is 2.16. The summed E-state index contributed by atoms with van der Waals surface area (Å²) in [5.74, 6) is -3.22. The van der Waals surface area contributed by atoms with Gasteiger partial charge in [-0.3, -0.25) is 4.79 Å². The molecule has 2 N–H and O–H groups in total. The molecule has 0 unspecified atom stereocenters. The summed E-state index contributed by atoms with van der Waals surface area (Å²) < 4.78 is 26.0. The number of aliphatic hydroxyl groups is 1. The SMILES string of the molecule is C=CCC(O)=C(C#N)C(=O)Nc1ccc(F)cc1F. The molecule has 6 heteroatoms. The molecule has 0 aliphatic heterocycles. The van der Waals surface area contributed by atoms with Crippen LogP contribution in [0.4, 0.5) is 14.5 Å². The predicted octanol–water partition coefficient (Wildman–Crippen LogP) is 2.82. The molecule has 0 aliphatic rings. The summed E-state index contributed by atoms with van der Waals surface area (Å²) in [4.78, 5) is 11.7. The topological polar surface area (TPSA) is 73.1 Å². The van der Waals surface area contributed by atoms with Gasteiger partial charge in [0.15, 0.2) is 5.57 Å². The van der Waals surface area contributed by atoms with E-state index in [4.69, 9.17) is 5.26 Å². The maximum absolute atomic E-state index is 13.3. The summed E-state index contributed by atoms with van der Waals surface area (Å²) >= 11 is 0. The number of hydrogen-bond donors (Lipinski definition) is 2. The molecule has 0 heterocycles.